The number of rotatable bonds is 3. The SMILES string of the molecule is Cc1ccc(CN(C)C(=O)C2CCCNC2)c(C)c1. The van der Waals surface area contributed by atoms with E-state index in [-0.39, 0.29) is 11.8 Å². The van der Waals surface area contributed by atoms with E-state index < -0.39 is 0 Å². The Labute approximate surface area is 116 Å². The molecule has 0 spiro atoms. The number of benzene rings is 1. The number of nitrogens with zero attached hydrogens (tertiary/aromatic N) is 1. The Morgan fingerprint density at radius 1 is 1.42 bits per heavy atom. The second kappa shape index (κ2) is 6.20. The zero-order valence-electron chi connectivity index (χ0n) is 12.2. The van der Waals surface area contributed by atoms with Gasteiger partial charge in [0.2, 0.25) is 5.91 Å². The maximum Gasteiger partial charge on any atom is 0.227 e. The van der Waals surface area contributed by atoms with Crippen LogP contribution in [0.25, 0.3) is 0 Å². The van der Waals surface area contributed by atoms with Crippen LogP contribution in [0.4, 0.5) is 0 Å². The summed E-state index contributed by atoms with van der Waals surface area (Å²) in [5.41, 5.74) is 3.78. The molecule has 1 fully saturated rings. The van der Waals surface area contributed by atoms with Crippen LogP contribution in [0.1, 0.15) is 29.5 Å². The number of hydrogen-bond acceptors (Lipinski definition) is 2. The molecule has 1 atom stereocenters. The Hall–Kier alpha value is -1.35. The molecule has 1 aliphatic heterocycles. The van der Waals surface area contributed by atoms with E-state index in [0.29, 0.717) is 6.54 Å². The maximum atomic E-state index is 12.4. The highest BCUT2D eigenvalue weighted by molar-refractivity contribution is 5.79. The molecular formula is C16H24N2O. The molecule has 104 valence electrons. The number of aryl methyl sites for hydroxylation is 2. The highest BCUT2D eigenvalue weighted by atomic mass is 16.2. The van der Waals surface area contributed by atoms with Gasteiger partial charge in [-0.25, -0.2) is 0 Å². The van der Waals surface area contributed by atoms with Gasteiger partial charge in [-0.05, 0) is 44.4 Å². The van der Waals surface area contributed by atoms with E-state index in [1.807, 2.05) is 11.9 Å². The predicted molar refractivity (Wildman–Crippen MR) is 78.0 cm³/mol. The van der Waals surface area contributed by atoms with Crippen molar-refractivity contribution in [2.75, 3.05) is 20.1 Å². The summed E-state index contributed by atoms with van der Waals surface area (Å²) in [4.78, 5) is 14.2. The Balaban J connectivity index is 1.99. The zero-order chi connectivity index (χ0) is 13.8. The van der Waals surface area contributed by atoms with Crippen LogP contribution in [0, 0.1) is 19.8 Å². The molecule has 1 heterocycles. The Bertz CT molecular complexity index is 450. The summed E-state index contributed by atoms with van der Waals surface area (Å²) in [6.45, 7) is 6.80. The van der Waals surface area contributed by atoms with E-state index in [4.69, 9.17) is 0 Å². The summed E-state index contributed by atoms with van der Waals surface area (Å²) in [7, 11) is 1.91. The van der Waals surface area contributed by atoms with Gasteiger partial charge in [0, 0.05) is 20.1 Å². The van der Waals surface area contributed by atoms with Crippen LogP contribution in [0.3, 0.4) is 0 Å². The minimum atomic E-state index is 0.157. The summed E-state index contributed by atoms with van der Waals surface area (Å²) < 4.78 is 0. The van der Waals surface area contributed by atoms with Gasteiger partial charge in [0.05, 0.1) is 5.92 Å². The molecule has 0 radical (unpaired) electrons. The van der Waals surface area contributed by atoms with Crippen molar-refractivity contribution in [1.29, 1.82) is 0 Å². The molecule has 1 N–H and O–H groups in total. The smallest absolute Gasteiger partial charge is 0.227 e. The molecule has 1 saturated heterocycles. The van der Waals surface area contributed by atoms with Crippen LogP contribution < -0.4 is 5.32 Å². The fraction of sp³-hybridized carbons (Fsp3) is 0.562. The molecule has 0 aromatic heterocycles. The van der Waals surface area contributed by atoms with Gasteiger partial charge in [-0.15, -0.1) is 0 Å². The average Bonchev–Trinajstić information content (AvgIpc) is 2.42. The molecule has 2 rings (SSSR count). The molecule has 0 aliphatic carbocycles. The van der Waals surface area contributed by atoms with Crippen LogP contribution >= 0.6 is 0 Å². The van der Waals surface area contributed by atoms with E-state index >= 15 is 0 Å². The summed E-state index contributed by atoms with van der Waals surface area (Å²) >= 11 is 0. The van der Waals surface area contributed by atoms with Crippen LogP contribution in [0.2, 0.25) is 0 Å². The summed E-state index contributed by atoms with van der Waals surface area (Å²) in [5.74, 6) is 0.427. The van der Waals surface area contributed by atoms with E-state index in [9.17, 15) is 4.79 Å². The van der Waals surface area contributed by atoms with E-state index in [1.54, 1.807) is 0 Å². The lowest BCUT2D eigenvalue weighted by molar-refractivity contribution is -0.135. The number of carbonyl (C=O) groups is 1. The quantitative estimate of drug-likeness (QED) is 0.904. The molecule has 1 aromatic carbocycles. The number of amides is 1. The fourth-order valence-electron chi connectivity index (χ4n) is 2.73. The third-order valence-electron chi connectivity index (χ3n) is 3.93. The number of nitrogens with one attached hydrogen (secondary N) is 1. The molecule has 1 aliphatic rings. The maximum absolute atomic E-state index is 12.4. The van der Waals surface area contributed by atoms with E-state index in [0.717, 1.165) is 25.9 Å². The van der Waals surface area contributed by atoms with Gasteiger partial charge in [-0.1, -0.05) is 23.8 Å². The van der Waals surface area contributed by atoms with Crippen molar-refractivity contribution in [2.24, 2.45) is 5.92 Å². The van der Waals surface area contributed by atoms with Gasteiger partial charge >= 0.3 is 0 Å². The normalized spacial score (nSPS) is 19.2. The van der Waals surface area contributed by atoms with E-state index in [2.05, 4.69) is 37.4 Å². The monoisotopic (exact) mass is 260 g/mol. The van der Waals surface area contributed by atoms with Gasteiger partial charge in [0.1, 0.15) is 0 Å². The summed E-state index contributed by atoms with van der Waals surface area (Å²) in [5, 5.41) is 3.31. The Morgan fingerprint density at radius 2 is 2.21 bits per heavy atom. The van der Waals surface area contributed by atoms with Gasteiger partial charge < -0.3 is 10.2 Å². The molecule has 19 heavy (non-hydrogen) atoms. The molecule has 3 nitrogen and oxygen atoms in total. The molecular weight excluding hydrogens is 236 g/mol. The fourth-order valence-corrected chi connectivity index (χ4v) is 2.73. The largest absolute Gasteiger partial charge is 0.341 e. The highest BCUT2D eigenvalue weighted by Gasteiger charge is 2.23. The summed E-state index contributed by atoms with van der Waals surface area (Å²) in [6.07, 6.45) is 2.12. The Morgan fingerprint density at radius 3 is 2.84 bits per heavy atom. The Kier molecular flexibility index (Phi) is 4.59. The van der Waals surface area contributed by atoms with Crippen molar-refractivity contribution in [2.45, 2.75) is 33.2 Å². The van der Waals surface area contributed by atoms with Gasteiger partial charge in [0.15, 0.2) is 0 Å². The van der Waals surface area contributed by atoms with Crippen LogP contribution in [-0.2, 0) is 11.3 Å². The number of piperidine rings is 1. The minimum Gasteiger partial charge on any atom is -0.341 e. The first-order chi connectivity index (χ1) is 9.08. The lowest BCUT2D eigenvalue weighted by atomic mass is 9.97. The average molecular weight is 260 g/mol. The van der Waals surface area contributed by atoms with Crippen molar-refractivity contribution < 1.29 is 4.79 Å². The summed E-state index contributed by atoms with van der Waals surface area (Å²) in [6, 6.07) is 6.42. The topological polar surface area (TPSA) is 32.3 Å². The first-order valence-electron chi connectivity index (χ1n) is 7.10. The second-order valence-corrected chi connectivity index (χ2v) is 5.67. The standard InChI is InChI=1S/C16H24N2O/c1-12-6-7-15(13(2)9-12)11-18(3)16(19)14-5-4-8-17-10-14/h6-7,9,14,17H,4-5,8,10-11H2,1-3H3. The minimum absolute atomic E-state index is 0.157. The molecule has 1 aromatic rings. The van der Waals surface area contributed by atoms with Crippen molar-refractivity contribution in [3.8, 4) is 0 Å². The van der Waals surface area contributed by atoms with Crippen LogP contribution in [0.15, 0.2) is 18.2 Å². The predicted octanol–water partition coefficient (Wildman–Crippen LogP) is 2.26. The molecule has 0 bridgehead atoms. The third kappa shape index (κ3) is 3.57. The molecule has 3 heteroatoms. The van der Waals surface area contributed by atoms with Crippen molar-refractivity contribution >= 4 is 5.91 Å². The number of hydrogen-bond donors (Lipinski definition) is 1. The van der Waals surface area contributed by atoms with Crippen molar-refractivity contribution in [1.82, 2.24) is 10.2 Å². The number of carbonyl (C=O) groups excluding carboxylic acids is 1. The highest BCUT2D eigenvalue weighted by Crippen LogP contribution is 2.16. The molecule has 0 saturated carbocycles. The van der Waals surface area contributed by atoms with Crippen LogP contribution in [-0.4, -0.2) is 30.9 Å². The van der Waals surface area contributed by atoms with E-state index in [1.165, 1.54) is 16.7 Å². The van der Waals surface area contributed by atoms with Gasteiger partial charge in [0.25, 0.3) is 0 Å². The van der Waals surface area contributed by atoms with Gasteiger partial charge in [-0.3, -0.25) is 4.79 Å². The van der Waals surface area contributed by atoms with Crippen molar-refractivity contribution in [3.05, 3.63) is 34.9 Å². The molecule has 1 amide bonds. The first kappa shape index (κ1) is 14.1. The third-order valence-corrected chi connectivity index (χ3v) is 3.93. The lowest BCUT2D eigenvalue weighted by Crippen LogP contribution is -2.41. The van der Waals surface area contributed by atoms with Crippen molar-refractivity contribution in [3.63, 3.8) is 0 Å². The first-order valence-corrected chi connectivity index (χ1v) is 7.10. The molecule has 1 unspecified atom stereocenters. The second-order valence-electron chi connectivity index (χ2n) is 5.67. The zero-order valence-corrected chi connectivity index (χ0v) is 12.2. The lowest BCUT2D eigenvalue weighted by Gasteiger charge is -2.27. The van der Waals surface area contributed by atoms with Gasteiger partial charge in [-0.2, -0.15) is 0 Å². The van der Waals surface area contributed by atoms with Crippen LogP contribution in [0.5, 0.6) is 0 Å².